The number of methoxy groups -OCH3 is 1. The van der Waals surface area contributed by atoms with Gasteiger partial charge in [0.2, 0.25) is 5.91 Å². The number of nitrogens with zero attached hydrogens (tertiary/aromatic N) is 1. The van der Waals surface area contributed by atoms with Crippen molar-refractivity contribution < 1.29 is 14.3 Å². The van der Waals surface area contributed by atoms with Gasteiger partial charge in [-0.3, -0.25) is 4.79 Å². The second kappa shape index (κ2) is 9.08. The number of rotatable bonds is 6. The molecule has 4 rings (SSSR count). The van der Waals surface area contributed by atoms with Crippen molar-refractivity contribution in [2.24, 2.45) is 0 Å². The highest BCUT2D eigenvalue weighted by Crippen LogP contribution is 2.33. The molecular formula is C25H28N2O3. The molecule has 0 spiro atoms. The maximum atomic E-state index is 12.7. The van der Waals surface area contributed by atoms with Gasteiger partial charge in [0.15, 0.2) is 11.5 Å². The van der Waals surface area contributed by atoms with Gasteiger partial charge in [0, 0.05) is 36.3 Å². The number of piperidine rings is 1. The number of ether oxygens (including phenoxy) is 2. The Balaban J connectivity index is 1.37. The van der Waals surface area contributed by atoms with E-state index in [4.69, 9.17) is 9.47 Å². The third kappa shape index (κ3) is 4.20. The average Bonchev–Trinajstić information content (AvgIpc) is 3.22. The molecule has 0 bridgehead atoms. The molecule has 2 heterocycles. The van der Waals surface area contributed by atoms with Crippen LogP contribution in [0.4, 0.5) is 0 Å². The largest absolute Gasteiger partial charge is 0.493 e. The zero-order valence-electron chi connectivity index (χ0n) is 17.6. The number of fused-ring (bicyclic) bond motifs is 1. The van der Waals surface area contributed by atoms with E-state index in [0.29, 0.717) is 24.0 Å². The van der Waals surface area contributed by atoms with Crippen LogP contribution in [0.15, 0.2) is 54.7 Å². The maximum Gasteiger partial charge on any atom is 0.246 e. The van der Waals surface area contributed by atoms with Crippen LogP contribution in [-0.4, -0.2) is 42.6 Å². The lowest BCUT2D eigenvalue weighted by atomic mass is 9.89. The molecule has 1 N–H and O–H groups in total. The molecule has 1 amide bonds. The van der Waals surface area contributed by atoms with E-state index in [0.717, 1.165) is 31.5 Å². The predicted octanol–water partition coefficient (Wildman–Crippen LogP) is 4.99. The minimum Gasteiger partial charge on any atom is -0.493 e. The second-order valence-electron chi connectivity index (χ2n) is 7.57. The summed E-state index contributed by atoms with van der Waals surface area (Å²) in [5, 5.41) is 1.30. The van der Waals surface area contributed by atoms with E-state index < -0.39 is 0 Å². The van der Waals surface area contributed by atoms with Gasteiger partial charge in [0.05, 0.1) is 13.7 Å². The Morgan fingerprint density at radius 3 is 2.73 bits per heavy atom. The van der Waals surface area contributed by atoms with Gasteiger partial charge in [-0.15, -0.1) is 0 Å². The van der Waals surface area contributed by atoms with Crippen molar-refractivity contribution in [2.75, 3.05) is 26.8 Å². The van der Waals surface area contributed by atoms with Gasteiger partial charge >= 0.3 is 0 Å². The van der Waals surface area contributed by atoms with E-state index in [1.54, 1.807) is 13.2 Å². The number of nitrogens with one attached hydrogen (secondary N) is 1. The molecule has 0 unspecified atom stereocenters. The first kappa shape index (κ1) is 20.1. The van der Waals surface area contributed by atoms with E-state index in [2.05, 4.69) is 35.4 Å². The van der Waals surface area contributed by atoms with Crippen LogP contribution in [0.25, 0.3) is 17.0 Å². The molecule has 1 aliphatic rings. The van der Waals surface area contributed by atoms with Crippen LogP contribution in [0.5, 0.6) is 11.5 Å². The third-order valence-corrected chi connectivity index (χ3v) is 5.77. The summed E-state index contributed by atoms with van der Waals surface area (Å²) < 4.78 is 10.9. The summed E-state index contributed by atoms with van der Waals surface area (Å²) in [5.41, 5.74) is 3.46. The number of carbonyl (C=O) groups is 1. The van der Waals surface area contributed by atoms with Crippen molar-refractivity contribution in [2.45, 2.75) is 25.7 Å². The Morgan fingerprint density at radius 1 is 1.17 bits per heavy atom. The molecule has 1 fully saturated rings. The molecular weight excluding hydrogens is 376 g/mol. The van der Waals surface area contributed by atoms with Crippen molar-refractivity contribution in [3.63, 3.8) is 0 Å². The van der Waals surface area contributed by atoms with Crippen molar-refractivity contribution in [3.05, 3.63) is 65.9 Å². The molecule has 1 saturated heterocycles. The molecule has 2 aromatic carbocycles. The Bertz CT molecular complexity index is 1050. The lowest BCUT2D eigenvalue weighted by Crippen LogP contribution is -2.36. The summed E-state index contributed by atoms with van der Waals surface area (Å²) in [6.45, 7) is 4.08. The Morgan fingerprint density at radius 2 is 1.97 bits per heavy atom. The number of benzene rings is 2. The topological polar surface area (TPSA) is 54.6 Å². The SMILES string of the molecule is CCOc1ccc(/C=C/C(=O)N2CCC(c3c[nH]c4ccccc34)CC2)cc1OC. The summed E-state index contributed by atoms with van der Waals surface area (Å²) in [4.78, 5) is 18.0. The van der Waals surface area contributed by atoms with Gasteiger partial charge in [-0.2, -0.15) is 0 Å². The first-order chi connectivity index (χ1) is 14.7. The van der Waals surface area contributed by atoms with Crippen molar-refractivity contribution in [1.82, 2.24) is 9.88 Å². The molecule has 0 aliphatic carbocycles. The molecule has 156 valence electrons. The number of carbonyl (C=O) groups excluding carboxylic acids is 1. The number of aromatic amines is 1. The van der Waals surface area contributed by atoms with Crippen LogP contribution >= 0.6 is 0 Å². The first-order valence-electron chi connectivity index (χ1n) is 10.5. The summed E-state index contributed by atoms with van der Waals surface area (Å²) in [5.74, 6) is 1.93. The van der Waals surface area contributed by atoms with Gasteiger partial charge in [0.25, 0.3) is 0 Å². The van der Waals surface area contributed by atoms with E-state index in [-0.39, 0.29) is 5.91 Å². The fourth-order valence-electron chi connectivity index (χ4n) is 4.18. The fraction of sp³-hybridized carbons (Fsp3) is 0.320. The van der Waals surface area contributed by atoms with Gasteiger partial charge < -0.3 is 19.4 Å². The van der Waals surface area contributed by atoms with Crippen LogP contribution < -0.4 is 9.47 Å². The normalized spacial score (nSPS) is 15.1. The second-order valence-corrected chi connectivity index (χ2v) is 7.57. The smallest absolute Gasteiger partial charge is 0.246 e. The van der Waals surface area contributed by atoms with Gasteiger partial charge in [-0.25, -0.2) is 0 Å². The highest BCUT2D eigenvalue weighted by atomic mass is 16.5. The predicted molar refractivity (Wildman–Crippen MR) is 120 cm³/mol. The van der Waals surface area contributed by atoms with Gasteiger partial charge in [-0.05, 0) is 61.1 Å². The number of likely N-dealkylation sites (tertiary alicyclic amines) is 1. The number of hydrogen-bond acceptors (Lipinski definition) is 3. The van der Waals surface area contributed by atoms with Gasteiger partial charge in [0.1, 0.15) is 0 Å². The summed E-state index contributed by atoms with van der Waals surface area (Å²) in [6, 6.07) is 14.1. The van der Waals surface area contributed by atoms with E-state index >= 15 is 0 Å². The molecule has 5 nitrogen and oxygen atoms in total. The summed E-state index contributed by atoms with van der Waals surface area (Å²) in [6.07, 6.45) is 7.59. The van der Waals surface area contributed by atoms with Crippen molar-refractivity contribution in [3.8, 4) is 11.5 Å². The molecule has 0 atom stereocenters. The van der Waals surface area contributed by atoms with Crippen LogP contribution in [0.3, 0.4) is 0 Å². The highest BCUT2D eigenvalue weighted by molar-refractivity contribution is 5.92. The summed E-state index contributed by atoms with van der Waals surface area (Å²) in [7, 11) is 1.62. The highest BCUT2D eigenvalue weighted by Gasteiger charge is 2.24. The monoisotopic (exact) mass is 404 g/mol. The standard InChI is InChI=1S/C25H28N2O3/c1-3-30-23-10-8-18(16-24(23)29-2)9-11-25(28)27-14-12-19(13-15-27)21-17-26-22-7-5-4-6-20(21)22/h4-11,16-17,19,26H,3,12-15H2,1-2H3/b11-9+. The van der Waals surface area contributed by atoms with Crippen molar-refractivity contribution >= 4 is 22.9 Å². The third-order valence-electron chi connectivity index (χ3n) is 5.77. The zero-order chi connectivity index (χ0) is 20.9. The molecule has 5 heteroatoms. The number of hydrogen-bond donors (Lipinski definition) is 1. The van der Waals surface area contributed by atoms with E-state index in [1.165, 1.54) is 16.5 Å². The Hall–Kier alpha value is -3.21. The molecule has 3 aromatic rings. The number of amides is 1. The van der Waals surface area contributed by atoms with Crippen LogP contribution in [0.2, 0.25) is 0 Å². The van der Waals surface area contributed by atoms with Crippen LogP contribution in [-0.2, 0) is 4.79 Å². The number of aromatic nitrogens is 1. The van der Waals surface area contributed by atoms with Crippen LogP contribution in [0, 0.1) is 0 Å². The summed E-state index contributed by atoms with van der Waals surface area (Å²) >= 11 is 0. The van der Waals surface area contributed by atoms with Crippen molar-refractivity contribution in [1.29, 1.82) is 0 Å². The fourth-order valence-corrected chi connectivity index (χ4v) is 4.18. The first-order valence-corrected chi connectivity index (χ1v) is 10.5. The maximum absolute atomic E-state index is 12.7. The lowest BCUT2D eigenvalue weighted by Gasteiger charge is -2.31. The Kier molecular flexibility index (Phi) is 6.07. The number of para-hydroxylation sites is 1. The minimum absolute atomic E-state index is 0.0558. The van der Waals surface area contributed by atoms with E-state index in [9.17, 15) is 4.79 Å². The van der Waals surface area contributed by atoms with Gasteiger partial charge in [-0.1, -0.05) is 24.3 Å². The minimum atomic E-state index is 0.0558. The molecule has 0 saturated carbocycles. The molecule has 30 heavy (non-hydrogen) atoms. The Labute approximate surface area is 177 Å². The molecule has 0 radical (unpaired) electrons. The zero-order valence-corrected chi connectivity index (χ0v) is 17.6. The average molecular weight is 405 g/mol. The molecule has 1 aromatic heterocycles. The number of H-pyrrole nitrogens is 1. The molecule has 1 aliphatic heterocycles. The van der Waals surface area contributed by atoms with E-state index in [1.807, 2.05) is 36.1 Å². The quantitative estimate of drug-likeness (QED) is 0.589. The lowest BCUT2D eigenvalue weighted by molar-refractivity contribution is -0.126. The van der Waals surface area contributed by atoms with Crippen LogP contribution in [0.1, 0.15) is 36.8 Å².